The molecule has 1 aliphatic heterocycles. The number of hydrogen-bond acceptors (Lipinski definition) is 5. The summed E-state index contributed by atoms with van der Waals surface area (Å²) in [5.41, 5.74) is 0.762. The standard InChI is InChI=1S/C19H16ClN3O4/c20-14-4-1-3-13(11-14)18(24)22-6-8-23(9-7-22)19(25)15-12-17(27-21-15)16-5-2-10-26-16/h1-5,10-12H,6-9H2. The molecule has 2 amide bonds. The molecule has 0 spiro atoms. The summed E-state index contributed by atoms with van der Waals surface area (Å²) in [6.07, 6.45) is 1.52. The number of nitrogens with zero attached hydrogens (tertiary/aromatic N) is 3. The summed E-state index contributed by atoms with van der Waals surface area (Å²) in [5, 5.41) is 4.36. The van der Waals surface area contributed by atoms with Gasteiger partial charge in [-0.15, -0.1) is 0 Å². The van der Waals surface area contributed by atoms with Crippen LogP contribution in [0.4, 0.5) is 0 Å². The molecular weight excluding hydrogens is 370 g/mol. The smallest absolute Gasteiger partial charge is 0.276 e. The maximum Gasteiger partial charge on any atom is 0.276 e. The molecule has 0 saturated carbocycles. The van der Waals surface area contributed by atoms with Gasteiger partial charge in [-0.05, 0) is 30.3 Å². The van der Waals surface area contributed by atoms with E-state index in [9.17, 15) is 9.59 Å². The highest BCUT2D eigenvalue weighted by molar-refractivity contribution is 6.30. The van der Waals surface area contributed by atoms with Gasteiger partial charge >= 0.3 is 0 Å². The molecular formula is C19H16ClN3O4. The van der Waals surface area contributed by atoms with E-state index in [1.807, 2.05) is 0 Å². The van der Waals surface area contributed by atoms with E-state index >= 15 is 0 Å². The molecule has 0 aliphatic carbocycles. The van der Waals surface area contributed by atoms with Crippen molar-refractivity contribution in [3.8, 4) is 11.5 Å². The highest BCUT2D eigenvalue weighted by Gasteiger charge is 2.27. The molecule has 3 aromatic rings. The Morgan fingerprint density at radius 3 is 2.33 bits per heavy atom. The zero-order valence-corrected chi connectivity index (χ0v) is 15.1. The van der Waals surface area contributed by atoms with Crippen molar-refractivity contribution in [1.82, 2.24) is 15.0 Å². The third kappa shape index (κ3) is 3.59. The second-order valence-electron chi connectivity index (χ2n) is 6.15. The van der Waals surface area contributed by atoms with E-state index in [4.69, 9.17) is 20.5 Å². The Kier molecular flexibility index (Phi) is 4.68. The van der Waals surface area contributed by atoms with Gasteiger partial charge in [-0.3, -0.25) is 9.59 Å². The van der Waals surface area contributed by atoms with Crippen LogP contribution in [0.1, 0.15) is 20.8 Å². The summed E-state index contributed by atoms with van der Waals surface area (Å²) < 4.78 is 10.4. The summed E-state index contributed by atoms with van der Waals surface area (Å²) in [4.78, 5) is 28.6. The molecule has 138 valence electrons. The summed E-state index contributed by atoms with van der Waals surface area (Å²) in [7, 11) is 0. The molecule has 27 heavy (non-hydrogen) atoms. The molecule has 1 saturated heterocycles. The first-order valence-corrected chi connectivity index (χ1v) is 8.84. The van der Waals surface area contributed by atoms with Crippen LogP contribution in [0.3, 0.4) is 0 Å². The zero-order valence-electron chi connectivity index (χ0n) is 14.3. The van der Waals surface area contributed by atoms with E-state index in [1.165, 1.54) is 6.26 Å². The van der Waals surface area contributed by atoms with Crippen molar-refractivity contribution in [3.05, 3.63) is 65.0 Å². The van der Waals surface area contributed by atoms with Crippen LogP contribution in [-0.4, -0.2) is 52.9 Å². The lowest BCUT2D eigenvalue weighted by Gasteiger charge is -2.34. The fourth-order valence-corrected chi connectivity index (χ4v) is 3.18. The Balaban J connectivity index is 1.39. The molecule has 0 atom stereocenters. The van der Waals surface area contributed by atoms with Gasteiger partial charge in [0, 0.05) is 42.8 Å². The van der Waals surface area contributed by atoms with Crippen molar-refractivity contribution in [2.45, 2.75) is 0 Å². The normalized spacial score (nSPS) is 14.4. The SMILES string of the molecule is O=C(c1cccc(Cl)c1)N1CCN(C(=O)c2cc(-c3ccco3)on2)CC1. The first-order valence-electron chi connectivity index (χ1n) is 8.46. The van der Waals surface area contributed by atoms with Gasteiger partial charge in [0.05, 0.1) is 6.26 Å². The van der Waals surface area contributed by atoms with Crippen molar-refractivity contribution >= 4 is 23.4 Å². The maximum absolute atomic E-state index is 12.6. The molecule has 7 nitrogen and oxygen atoms in total. The van der Waals surface area contributed by atoms with Gasteiger partial charge < -0.3 is 18.7 Å². The Hall–Kier alpha value is -3.06. The minimum Gasteiger partial charge on any atom is -0.461 e. The number of carbonyl (C=O) groups excluding carboxylic acids is 2. The van der Waals surface area contributed by atoms with Gasteiger partial charge in [0.15, 0.2) is 11.5 Å². The van der Waals surface area contributed by atoms with Gasteiger partial charge in [-0.1, -0.05) is 22.8 Å². The van der Waals surface area contributed by atoms with Crippen LogP contribution in [0.15, 0.2) is 57.7 Å². The number of rotatable bonds is 3. The summed E-state index contributed by atoms with van der Waals surface area (Å²) in [6.45, 7) is 1.74. The monoisotopic (exact) mass is 385 g/mol. The predicted molar refractivity (Wildman–Crippen MR) is 97.5 cm³/mol. The zero-order chi connectivity index (χ0) is 18.8. The number of halogens is 1. The lowest BCUT2D eigenvalue weighted by Crippen LogP contribution is -2.50. The number of amides is 2. The molecule has 2 aromatic heterocycles. The van der Waals surface area contributed by atoms with E-state index in [1.54, 1.807) is 52.3 Å². The fraction of sp³-hybridized carbons (Fsp3) is 0.211. The summed E-state index contributed by atoms with van der Waals surface area (Å²) in [5.74, 6) is 0.592. The quantitative estimate of drug-likeness (QED) is 0.691. The highest BCUT2D eigenvalue weighted by atomic mass is 35.5. The number of benzene rings is 1. The van der Waals surface area contributed by atoms with Crippen molar-refractivity contribution in [3.63, 3.8) is 0 Å². The third-order valence-electron chi connectivity index (χ3n) is 4.42. The molecule has 8 heteroatoms. The van der Waals surface area contributed by atoms with Gasteiger partial charge in [-0.2, -0.15) is 0 Å². The Bertz CT molecular complexity index is 959. The largest absolute Gasteiger partial charge is 0.461 e. The number of carbonyl (C=O) groups is 2. The molecule has 0 bridgehead atoms. The van der Waals surface area contributed by atoms with E-state index < -0.39 is 0 Å². The highest BCUT2D eigenvalue weighted by Crippen LogP contribution is 2.21. The van der Waals surface area contributed by atoms with Crippen molar-refractivity contribution in [2.75, 3.05) is 26.2 Å². The van der Waals surface area contributed by atoms with Crippen molar-refractivity contribution in [2.24, 2.45) is 0 Å². The van der Waals surface area contributed by atoms with Gasteiger partial charge in [-0.25, -0.2) is 0 Å². The Morgan fingerprint density at radius 1 is 0.926 bits per heavy atom. The van der Waals surface area contributed by atoms with Crippen molar-refractivity contribution in [1.29, 1.82) is 0 Å². The van der Waals surface area contributed by atoms with E-state index in [2.05, 4.69) is 5.16 Å². The van der Waals surface area contributed by atoms with E-state index in [0.717, 1.165) is 0 Å². The minimum absolute atomic E-state index is 0.0915. The molecule has 1 fully saturated rings. The molecule has 0 unspecified atom stereocenters. The Morgan fingerprint density at radius 2 is 1.67 bits per heavy atom. The Labute approximate surface area is 160 Å². The average molecular weight is 386 g/mol. The number of aromatic nitrogens is 1. The van der Waals surface area contributed by atoms with E-state index in [-0.39, 0.29) is 17.5 Å². The van der Waals surface area contributed by atoms with Crippen LogP contribution in [0.2, 0.25) is 5.02 Å². The minimum atomic E-state index is -0.230. The third-order valence-corrected chi connectivity index (χ3v) is 4.65. The number of hydrogen-bond donors (Lipinski definition) is 0. The molecule has 4 rings (SSSR count). The van der Waals surface area contributed by atoms with Crippen LogP contribution in [0, 0.1) is 0 Å². The average Bonchev–Trinajstić information content (AvgIpc) is 3.38. The molecule has 1 aliphatic rings. The summed E-state index contributed by atoms with van der Waals surface area (Å²) in [6, 6.07) is 11.9. The van der Waals surface area contributed by atoms with Crippen LogP contribution in [-0.2, 0) is 0 Å². The lowest BCUT2D eigenvalue weighted by molar-refractivity contribution is 0.0530. The first kappa shape index (κ1) is 17.4. The lowest BCUT2D eigenvalue weighted by atomic mass is 10.1. The van der Waals surface area contributed by atoms with Crippen LogP contribution < -0.4 is 0 Å². The molecule has 0 N–H and O–H groups in total. The summed E-state index contributed by atoms with van der Waals surface area (Å²) >= 11 is 5.95. The number of furan rings is 1. The maximum atomic E-state index is 12.6. The molecule has 0 radical (unpaired) electrons. The molecule has 3 heterocycles. The first-order chi connectivity index (χ1) is 13.1. The van der Waals surface area contributed by atoms with Crippen LogP contribution >= 0.6 is 11.6 Å². The van der Waals surface area contributed by atoms with Crippen LogP contribution in [0.5, 0.6) is 0 Å². The van der Waals surface area contributed by atoms with Gasteiger partial charge in [0.1, 0.15) is 0 Å². The van der Waals surface area contributed by atoms with Crippen molar-refractivity contribution < 1.29 is 18.5 Å². The second kappa shape index (κ2) is 7.28. The van der Waals surface area contributed by atoms with Crippen LogP contribution in [0.25, 0.3) is 11.5 Å². The number of piperazine rings is 1. The van der Waals surface area contributed by atoms with Gasteiger partial charge in [0.2, 0.25) is 5.76 Å². The van der Waals surface area contributed by atoms with E-state index in [0.29, 0.717) is 48.3 Å². The topological polar surface area (TPSA) is 79.8 Å². The molecule has 1 aromatic carbocycles. The predicted octanol–water partition coefficient (Wildman–Crippen LogP) is 3.19. The fourth-order valence-electron chi connectivity index (χ4n) is 2.99. The second-order valence-corrected chi connectivity index (χ2v) is 6.58. The van der Waals surface area contributed by atoms with Gasteiger partial charge in [0.25, 0.3) is 11.8 Å².